The van der Waals surface area contributed by atoms with Crippen molar-refractivity contribution in [1.29, 1.82) is 0 Å². The van der Waals surface area contributed by atoms with Crippen molar-refractivity contribution in [3.8, 4) is 0 Å². The summed E-state index contributed by atoms with van der Waals surface area (Å²) < 4.78 is 0. The largest absolute Gasteiger partial charge is 0.369 e. The fourth-order valence-electron chi connectivity index (χ4n) is 2.07. The predicted octanol–water partition coefficient (Wildman–Crippen LogP) is 2.42. The Morgan fingerprint density at radius 2 is 1.96 bits per heavy atom. The fourth-order valence-corrected chi connectivity index (χ4v) is 2.27. The van der Waals surface area contributed by atoms with Gasteiger partial charge in [0.1, 0.15) is 5.82 Å². The minimum absolute atomic E-state index is 0.276. The summed E-state index contributed by atoms with van der Waals surface area (Å²) in [6, 6.07) is 10.8. The first-order valence-corrected chi connectivity index (χ1v) is 8.18. The summed E-state index contributed by atoms with van der Waals surface area (Å²) >= 11 is 6.06. The number of nitrogens with one attached hydrogen (secondary N) is 2. The molecule has 0 aliphatic carbocycles. The zero-order valence-electron chi connectivity index (χ0n) is 13.9. The maximum atomic E-state index is 12.1. The third-order valence-corrected chi connectivity index (χ3v) is 3.75. The molecule has 0 atom stereocenters. The van der Waals surface area contributed by atoms with E-state index >= 15 is 0 Å². The van der Waals surface area contributed by atoms with E-state index in [4.69, 9.17) is 11.6 Å². The summed E-state index contributed by atoms with van der Waals surface area (Å²) in [6.07, 6.45) is 1.01. The molecule has 0 fully saturated rings. The van der Waals surface area contributed by atoms with Gasteiger partial charge in [-0.2, -0.15) is 0 Å². The third kappa shape index (κ3) is 5.79. The first-order valence-electron chi connectivity index (χ1n) is 7.80. The van der Waals surface area contributed by atoms with Crippen LogP contribution < -0.4 is 10.6 Å². The number of nitrogens with zero attached hydrogens (tertiary/aromatic N) is 3. The number of aromatic nitrogens is 2. The molecule has 6 nitrogen and oxygen atoms in total. The van der Waals surface area contributed by atoms with E-state index in [1.54, 1.807) is 18.2 Å². The standard InChI is InChI=1S/C17H22ClN5O/c1-23(2)11-5-10-19-16-9-8-15(21-22-16)17(24)20-12-13-6-3-4-7-14(13)18/h3-4,6-9H,5,10-12H2,1-2H3,(H,19,22)(H,20,24). The van der Waals surface area contributed by atoms with E-state index in [0.29, 0.717) is 17.4 Å². The molecule has 1 heterocycles. The van der Waals surface area contributed by atoms with E-state index in [0.717, 1.165) is 25.1 Å². The first kappa shape index (κ1) is 18.2. The molecule has 2 N–H and O–H groups in total. The van der Waals surface area contributed by atoms with Crippen LogP contribution >= 0.6 is 11.6 Å². The van der Waals surface area contributed by atoms with Gasteiger partial charge in [0.2, 0.25) is 0 Å². The maximum Gasteiger partial charge on any atom is 0.272 e. The van der Waals surface area contributed by atoms with E-state index in [9.17, 15) is 4.79 Å². The van der Waals surface area contributed by atoms with Crippen LogP contribution in [0.3, 0.4) is 0 Å². The summed E-state index contributed by atoms with van der Waals surface area (Å²) in [5.74, 6) is 0.387. The summed E-state index contributed by atoms with van der Waals surface area (Å²) in [6.45, 7) is 2.17. The van der Waals surface area contributed by atoms with Gasteiger partial charge in [0.25, 0.3) is 5.91 Å². The molecule has 0 radical (unpaired) electrons. The van der Waals surface area contributed by atoms with Crippen molar-refractivity contribution >= 4 is 23.3 Å². The number of benzene rings is 1. The van der Waals surface area contributed by atoms with Gasteiger partial charge in [-0.15, -0.1) is 10.2 Å². The van der Waals surface area contributed by atoms with Crippen LogP contribution in [0.2, 0.25) is 5.02 Å². The molecule has 1 aromatic carbocycles. The second-order valence-electron chi connectivity index (χ2n) is 5.66. The molecule has 24 heavy (non-hydrogen) atoms. The van der Waals surface area contributed by atoms with Gasteiger partial charge in [-0.1, -0.05) is 29.8 Å². The number of rotatable bonds is 8. The van der Waals surface area contributed by atoms with E-state index in [-0.39, 0.29) is 11.6 Å². The van der Waals surface area contributed by atoms with Crippen LogP contribution in [0, 0.1) is 0 Å². The SMILES string of the molecule is CN(C)CCCNc1ccc(C(=O)NCc2ccccc2Cl)nn1. The minimum atomic E-state index is -0.276. The number of halogens is 1. The van der Waals surface area contributed by atoms with Gasteiger partial charge in [-0.25, -0.2) is 0 Å². The number of hydrogen-bond acceptors (Lipinski definition) is 5. The second-order valence-corrected chi connectivity index (χ2v) is 6.07. The van der Waals surface area contributed by atoms with Gasteiger partial charge in [0.05, 0.1) is 0 Å². The molecule has 0 aliphatic heterocycles. The highest BCUT2D eigenvalue weighted by atomic mass is 35.5. The summed E-state index contributed by atoms with van der Waals surface area (Å²) in [4.78, 5) is 14.2. The summed E-state index contributed by atoms with van der Waals surface area (Å²) in [7, 11) is 4.08. The molecule has 2 aromatic rings. The van der Waals surface area contributed by atoms with E-state index in [1.165, 1.54) is 0 Å². The molecule has 1 aromatic heterocycles. The number of carbonyl (C=O) groups excluding carboxylic acids is 1. The van der Waals surface area contributed by atoms with Gasteiger partial charge in [-0.05, 0) is 50.8 Å². The number of carbonyl (C=O) groups is 1. The number of anilines is 1. The molecule has 7 heteroatoms. The molecule has 0 saturated heterocycles. The highest BCUT2D eigenvalue weighted by Gasteiger charge is 2.09. The molecule has 0 unspecified atom stereocenters. The van der Waals surface area contributed by atoms with Crippen molar-refractivity contribution < 1.29 is 4.79 Å². The Morgan fingerprint density at radius 1 is 1.17 bits per heavy atom. The number of amides is 1. The van der Waals surface area contributed by atoms with Crippen molar-refractivity contribution in [2.24, 2.45) is 0 Å². The van der Waals surface area contributed by atoms with Crippen molar-refractivity contribution in [3.05, 3.63) is 52.7 Å². The smallest absolute Gasteiger partial charge is 0.272 e. The van der Waals surface area contributed by atoms with Crippen molar-refractivity contribution in [1.82, 2.24) is 20.4 Å². The zero-order chi connectivity index (χ0) is 17.4. The Balaban J connectivity index is 1.81. The van der Waals surface area contributed by atoms with Crippen LogP contribution in [0.4, 0.5) is 5.82 Å². The van der Waals surface area contributed by atoms with Crippen molar-refractivity contribution in [2.45, 2.75) is 13.0 Å². The summed E-state index contributed by atoms with van der Waals surface area (Å²) in [5.41, 5.74) is 1.14. The van der Waals surface area contributed by atoms with Gasteiger partial charge >= 0.3 is 0 Å². The Morgan fingerprint density at radius 3 is 2.62 bits per heavy atom. The van der Waals surface area contributed by atoms with Crippen LogP contribution in [-0.2, 0) is 6.54 Å². The van der Waals surface area contributed by atoms with Crippen molar-refractivity contribution in [2.75, 3.05) is 32.5 Å². The normalized spacial score (nSPS) is 10.7. The van der Waals surface area contributed by atoms with E-state index < -0.39 is 0 Å². The predicted molar refractivity (Wildman–Crippen MR) is 96.3 cm³/mol. The van der Waals surface area contributed by atoms with Crippen LogP contribution in [0.1, 0.15) is 22.5 Å². The Kier molecular flexibility index (Phi) is 6.96. The van der Waals surface area contributed by atoms with Crippen molar-refractivity contribution in [3.63, 3.8) is 0 Å². The van der Waals surface area contributed by atoms with Gasteiger partial charge in [-0.3, -0.25) is 4.79 Å². The Bertz CT molecular complexity index is 660. The van der Waals surface area contributed by atoms with Gasteiger partial charge in [0.15, 0.2) is 5.69 Å². The lowest BCUT2D eigenvalue weighted by atomic mass is 10.2. The molecule has 0 saturated carbocycles. The average molecular weight is 348 g/mol. The Hall–Kier alpha value is -2.18. The first-order chi connectivity index (χ1) is 11.6. The fraction of sp³-hybridized carbons (Fsp3) is 0.353. The van der Waals surface area contributed by atoms with Crippen LogP contribution in [0.5, 0.6) is 0 Å². The lowest BCUT2D eigenvalue weighted by Gasteiger charge is -2.10. The molecule has 128 valence electrons. The Labute approximate surface area is 147 Å². The lowest BCUT2D eigenvalue weighted by molar-refractivity contribution is 0.0945. The average Bonchev–Trinajstić information content (AvgIpc) is 2.58. The molecule has 0 aliphatic rings. The third-order valence-electron chi connectivity index (χ3n) is 3.38. The molecular weight excluding hydrogens is 326 g/mol. The monoisotopic (exact) mass is 347 g/mol. The molecular formula is C17H22ClN5O. The van der Waals surface area contributed by atoms with Gasteiger partial charge < -0.3 is 15.5 Å². The number of hydrogen-bond donors (Lipinski definition) is 2. The van der Waals surface area contributed by atoms with Crippen LogP contribution in [0.15, 0.2) is 36.4 Å². The molecule has 2 rings (SSSR count). The minimum Gasteiger partial charge on any atom is -0.369 e. The molecule has 0 bridgehead atoms. The highest BCUT2D eigenvalue weighted by Crippen LogP contribution is 2.14. The van der Waals surface area contributed by atoms with E-state index in [1.807, 2.05) is 32.3 Å². The van der Waals surface area contributed by atoms with E-state index in [2.05, 4.69) is 25.7 Å². The molecule has 0 spiro atoms. The lowest BCUT2D eigenvalue weighted by Crippen LogP contribution is -2.24. The van der Waals surface area contributed by atoms with Crippen LogP contribution in [0.25, 0.3) is 0 Å². The molecule has 1 amide bonds. The maximum absolute atomic E-state index is 12.1. The zero-order valence-corrected chi connectivity index (χ0v) is 14.7. The topological polar surface area (TPSA) is 70.2 Å². The van der Waals surface area contributed by atoms with Gasteiger partial charge in [0, 0.05) is 18.1 Å². The highest BCUT2D eigenvalue weighted by molar-refractivity contribution is 6.31. The quantitative estimate of drug-likeness (QED) is 0.718. The summed E-state index contributed by atoms with van der Waals surface area (Å²) in [5, 5.41) is 14.6. The van der Waals surface area contributed by atoms with Crippen LogP contribution in [-0.4, -0.2) is 48.2 Å². The second kappa shape index (κ2) is 9.20.